The summed E-state index contributed by atoms with van der Waals surface area (Å²) < 4.78 is 31.7. The fourth-order valence-corrected chi connectivity index (χ4v) is 1.83. The number of oxazole rings is 1. The predicted octanol–water partition coefficient (Wildman–Crippen LogP) is 2.63. The SMILES string of the molecule is NCc1nc2ncc(-c3cc(F)cc(F)c3)cc2o1. The minimum Gasteiger partial charge on any atom is -0.438 e. The molecule has 0 bridgehead atoms. The maximum absolute atomic E-state index is 13.2. The average molecular weight is 261 g/mol. The lowest BCUT2D eigenvalue weighted by molar-refractivity contribution is 0.533. The number of halogens is 2. The molecule has 6 heteroatoms. The summed E-state index contributed by atoms with van der Waals surface area (Å²) in [6.45, 7) is 0.167. The van der Waals surface area contributed by atoms with Crippen molar-refractivity contribution in [3.63, 3.8) is 0 Å². The van der Waals surface area contributed by atoms with Gasteiger partial charge in [-0.3, -0.25) is 0 Å². The van der Waals surface area contributed by atoms with Crippen molar-refractivity contribution in [3.8, 4) is 11.1 Å². The molecule has 3 rings (SSSR count). The topological polar surface area (TPSA) is 64.9 Å². The van der Waals surface area contributed by atoms with Crippen molar-refractivity contribution >= 4 is 11.2 Å². The lowest BCUT2D eigenvalue weighted by Gasteiger charge is -2.01. The number of rotatable bonds is 2. The van der Waals surface area contributed by atoms with Gasteiger partial charge in [0.15, 0.2) is 11.2 Å². The van der Waals surface area contributed by atoms with E-state index in [0.717, 1.165) is 6.07 Å². The van der Waals surface area contributed by atoms with Crippen LogP contribution in [0.4, 0.5) is 8.78 Å². The standard InChI is InChI=1S/C13H9F2N3O/c14-9-1-7(2-10(15)4-9)8-3-11-13(17-6-8)18-12(5-16)19-11/h1-4,6H,5,16H2. The summed E-state index contributed by atoms with van der Waals surface area (Å²) in [5.41, 5.74) is 7.20. The van der Waals surface area contributed by atoms with Gasteiger partial charge < -0.3 is 10.2 Å². The zero-order chi connectivity index (χ0) is 13.4. The normalized spacial score (nSPS) is 11.1. The van der Waals surface area contributed by atoms with Gasteiger partial charge in [0.05, 0.1) is 6.54 Å². The molecule has 0 aliphatic rings. The second kappa shape index (κ2) is 4.40. The van der Waals surface area contributed by atoms with Crippen LogP contribution in [0.1, 0.15) is 5.89 Å². The highest BCUT2D eigenvalue weighted by atomic mass is 19.1. The van der Waals surface area contributed by atoms with Crippen molar-refractivity contribution in [2.45, 2.75) is 6.54 Å². The van der Waals surface area contributed by atoms with E-state index in [0.29, 0.717) is 28.2 Å². The van der Waals surface area contributed by atoms with E-state index >= 15 is 0 Å². The Morgan fingerprint density at radius 2 is 1.79 bits per heavy atom. The highest BCUT2D eigenvalue weighted by Crippen LogP contribution is 2.24. The van der Waals surface area contributed by atoms with Gasteiger partial charge in [-0.1, -0.05) is 0 Å². The first-order chi connectivity index (χ1) is 9.15. The minimum atomic E-state index is -0.643. The highest BCUT2D eigenvalue weighted by Gasteiger charge is 2.09. The Hall–Kier alpha value is -2.34. The molecule has 19 heavy (non-hydrogen) atoms. The van der Waals surface area contributed by atoms with Gasteiger partial charge in [0.2, 0.25) is 5.89 Å². The van der Waals surface area contributed by atoms with Crippen LogP contribution >= 0.6 is 0 Å². The van der Waals surface area contributed by atoms with Crippen LogP contribution < -0.4 is 5.73 Å². The zero-order valence-corrected chi connectivity index (χ0v) is 9.73. The summed E-state index contributed by atoms with van der Waals surface area (Å²) in [4.78, 5) is 8.13. The van der Waals surface area contributed by atoms with Gasteiger partial charge >= 0.3 is 0 Å². The second-order valence-electron chi connectivity index (χ2n) is 4.02. The van der Waals surface area contributed by atoms with Crippen LogP contribution in [-0.4, -0.2) is 9.97 Å². The van der Waals surface area contributed by atoms with Gasteiger partial charge in [-0.25, -0.2) is 13.8 Å². The Morgan fingerprint density at radius 3 is 2.47 bits per heavy atom. The monoisotopic (exact) mass is 261 g/mol. The Balaban J connectivity index is 2.14. The molecule has 0 radical (unpaired) electrons. The lowest BCUT2D eigenvalue weighted by atomic mass is 10.1. The van der Waals surface area contributed by atoms with Crippen molar-refractivity contribution in [2.75, 3.05) is 0 Å². The molecule has 96 valence electrons. The molecule has 2 heterocycles. The molecule has 0 spiro atoms. The molecule has 0 atom stereocenters. The molecule has 2 aromatic heterocycles. The highest BCUT2D eigenvalue weighted by molar-refractivity contribution is 5.76. The first-order valence-electron chi connectivity index (χ1n) is 5.58. The number of hydrogen-bond donors (Lipinski definition) is 1. The van der Waals surface area contributed by atoms with E-state index in [1.807, 2.05) is 0 Å². The van der Waals surface area contributed by atoms with Crippen molar-refractivity contribution < 1.29 is 13.2 Å². The number of aromatic nitrogens is 2. The number of pyridine rings is 1. The van der Waals surface area contributed by atoms with Crippen LogP contribution in [-0.2, 0) is 6.54 Å². The molecule has 0 unspecified atom stereocenters. The van der Waals surface area contributed by atoms with Gasteiger partial charge in [-0.15, -0.1) is 0 Å². The fraction of sp³-hybridized carbons (Fsp3) is 0.0769. The summed E-state index contributed by atoms with van der Waals surface area (Å²) in [6, 6.07) is 4.90. The maximum atomic E-state index is 13.2. The summed E-state index contributed by atoms with van der Waals surface area (Å²) in [7, 11) is 0. The molecule has 4 nitrogen and oxygen atoms in total. The predicted molar refractivity (Wildman–Crippen MR) is 65.0 cm³/mol. The van der Waals surface area contributed by atoms with Crippen LogP contribution in [0, 0.1) is 11.6 Å². The molecule has 0 aliphatic heterocycles. The van der Waals surface area contributed by atoms with Gasteiger partial charge in [-0.05, 0) is 23.8 Å². The first kappa shape index (κ1) is 11.7. The van der Waals surface area contributed by atoms with Crippen molar-refractivity contribution in [1.29, 1.82) is 0 Å². The largest absolute Gasteiger partial charge is 0.438 e. The number of nitrogens with zero attached hydrogens (tertiary/aromatic N) is 2. The van der Waals surface area contributed by atoms with E-state index in [9.17, 15) is 8.78 Å². The molecule has 0 amide bonds. The lowest BCUT2D eigenvalue weighted by Crippen LogP contribution is -1.95. The molecular formula is C13H9F2N3O. The molecular weight excluding hydrogens is 252 g/mol. The molecule has 0 aliphatic carbocycles. The van der Waals surface area contributed by atoms with Gasteiger partial charge in [0.25, 0.3) is 0 Å². The third kappa shape index (κ3) is 2.17. The molecule has 0 saturated carbocycles. The molecule has 2 N–H and O–H groups in total. The molecule has 1 aromatic carbocycles. The van der Waals surface area contributed by atoms with Crippen LogP contribution in [0.15, 0.2) is 34.9 Å². The van der Waals surface area contributed by atoms with Crippen LogP contribution in [0.25, 0.3) is 22.4 Å². The summed E-state index contributed by atoms with van der Waals surface area (Å²) in [5, 5.41) is 0. The summed E-state index contributed by atoms with van der Waals surface area (Å²) >= 11 is 0. The van der Waals surface area contributed by atoms with E-state index in [4.69, 9.17) is 10.2 Å². The number of hydrogen-bond acceptors (Lipinski definition) is 4. The Morgan fingerprint density at radius 1 is 1.05 bits per heavy atom. The van der Waals surface area contributed by atoms with Gasteiger partial charge in [0, 0.05) is 17.8 Å². The van der Waals surface area contributed by atoms with E-state index in [-0.39, 0.29) is 6.54 Å². The Bertz CT molecular complexity index is 734. The van der Waals surface area contributed by atoms with Gasteiger partial charge in [-0.2, -0.15) is 4.98 Å². The van der Waals surface area contributed by atoms with Crippen LogP contribution in [0.5, 0.6) is 0 Å². The molecule has 3 aromatic rings. The third-order valence-electron chi connectivity index (χ3n) is 2.66. The summed E-state index contributed by atoms with van der Waals surface area (Å²) in [6.07, 6.45) is 1.49. The quantitative estimate of drug-likeness (QED) is 0.770. The van der Waals surface area contributed by atoms with E-state index in [1.54, 1.807) is 6.07 Å². The molecule has 0 fully saturated rings. The second-order valence-corrected chi connectivity index (χ2v) is 4.02. The zero-order valence-electron chi connectivity index (χ0n) is 9.73. The Kier molecular flexibility index (Phi) is 2.72. The smallest absolute Gasteiger partial charge is 0.210 e. The van der Waals surface area contributed by atoms with E-state index in [1.165, 1.54) is 18.3 Å². The molecule has 0 saturated heterocycles. The van der Waals surface area contributed by atoms with E-state index < -0.39 is 11.6 Å². The first-order valence-corrected chi connectivity index (χ1v) is 5.58. The van der Waals surface area contributed by atoms with Gasteiger partial charge in [0.1, 0.15) is 11.6 Å². The van der Waals surface area contributed by atoms with E-state index in [2.05, 4.69) is 9.97 Å². The fourth-order valence-electron chi connectivity index (χ4n) is 1.83. The third-order valence-corrected chi connectivity index (χ3v) is 2.66. The maximum Gasteiger partial charge on any atom is 0.210 e. The Labute approximate surface area is 106 Å². The average Bonchev–Trinajstić information content (AvgIpc) is 2.79. The van der Waals surface area contributed by atoms with Crippen molar-refractivity contribution in [1.82, 2.24) is 9.97 Å². The van der Waals surface area contributed by atoms with Crippen LogP contribution in [0.2, 0.25) is 0 Å². The van der Waals surface area contributed by atoms with Crippen molar-refractivity contribution in [3.05, 3.63) is 48.0 Å². The summed E-state index contributed by atoms with van der Waals surface area (Å²) in [5.74, 6) is -0.921. The minimum absolute atomic E-state index is 0.167. The number of nitrogens with two attached hydrogens (primary N) is 1. The number of fused-ring (bicyclic) bond motifs is 1. The number of benzene rings is 1. The van der Waals surface area contributed by atoms with Crippen molar-refractivity contribution in [2.24, 2.45) is 5.73 Å². The van der Waals surface area contributed by atoms with Crippen LogP contribution in [0.3, 0.4) is 0 Å².